The Hall–Kier alpha value is -3.09. The van der Waals surface area contributed by atoms with E-state index in [4.69, 9.17) is 4.74 Å². The number of amides is 3. The summed E-state index contributed by atoms with van der Waals surface area (Å²) in [5, 5.41) is 5.52. The van der Waals surface area contributed by atoms with Crippen LogP contribution in [0.3, 0.4) is 0 Å². The third-order valence-electron chi connectivity index (χ3n) is 4.02. The zero-order chi connectivity index (χ0) is 18.5. The number of rotatable bonds is 5. The van der Waals surface area contributed by atoms with Crippen molar-refractivity contribution in [1.82, 2.24) is 5.32 Å². The van der Waals surface area contributed by atoms with Crippen LogP contribution < -0.4 is 20.3 Å². The summed E-state index contributed by atoms with van der Waals surface area (Å²) in [6.07, 6.45) is 0.164. The van der Waals surface area contributed by atoms with E-state index in [1.54, 1.807) is 30.3 Å². The molecule has 1 heterocycles. The molecule has 26 heavy (non-hydrogen) atoms. The van der Waals surface area contributed by atoms with E-state index in [0.29, 0.717) is 30.3 Å². The van der Waals surface area contributed by atoms with Crippen molar-refractivity contribution in [3.8, 4) is 5.75 Å². The maximum Gasteiger partial charge on any atom is 0.319 e. The predicted molar refractivity (Wildman–Crippen MR) is 96.9 cm³/mol. The van der Waals surface area contributed by atoms with Crippen molar-refractivity contribution in [1.29, 1.82) is 0 Å². The molecular formula is C19H20FN3O3. The van der Waals surface area contributed by atoms with E-state index in [2.05, 4.69) is 10.6 Å². The summed E-state index contributed by atoms with van der Waals surface area (Å²) in [6, 6.07) is 12.2. The molecule has 1 aliphatic rings. The number of hydrogen-bond donors (Lipinski definition) is 2. The second-order valence-corrected chi connectivity index (χ2v) is 5.91. The molecule has 3 amide bonds. The lowest BCUT2D eigenvalue weighted by Gasteiger charge is -2.18. The van der Waals surface area contributed by atoms with E-state index in [1.807, 2.05) is 13.0 Å². The SMILES string of the molecule is CCOc1ccccc1NC(=O)NC1CC(=O)N(c2cccc(F)c2)C1. The highest BCUT2D eigenvalue weighted by Gasteiger charge is 2.31. The van der Waals surface area contributed by atoms with Crippen molar-refractivity contribution < 1.29 is 18.7 Å². The Kier molecular flexibility index (Phi) is 5.36. The first-order valence-electron chi connectivity index (χ1n) is 8.42. The molecular weight excluding hydrogens is 337 g/mol. The van der Waals surface area contributed by atoms with Crippen molar-refractivity contribution in [2.24, 2.45) is 0 Å². The van der Waals surface area contributed by atoms with Gasteiger partial charge in [0, 0.05) is 18.7 Å². The van der Waals surface area contributed by atoms with Crippen LogP contribution in [0.2, 0.25) is 0 Å². The lowest BCUT2D eigenvalue weighted by atomic mass is 10.2. The summed E-state index contributed by atoms with van der Waals surface area (Å²) in [6.45, 7) is 2.64. The summed E-state index contributed by atoms with van der Waals surface area (Å²) in [5.74, 6) is 0.0154. The summed E-state index contributed by atoms with van der Waals surface area (Å²) in [7, 11) is 0. The molecule has 0 saturated carbocycles. The van der Waals surface area contributed by atoms with Gasteiger partial charge in [-0.05, 0) is 37.3 Å². The third-order valence-corrected chi connectivity index (χ3v) is 4.02. The number of benzene rings is 2. The first kappa shape index (κ1) is 17.7. The monoisotopic (exact) mass is 357 g/mol. The van der Waals surface area contributed by atoms with E-state index < -0.39 is 11.8 Å². The summed E-state index contributed by atoms with van der Waals surface area (Å²) >= 11 is 0. The molecule has 6 nitrogen and oxygen atoms in total. The first-order valence-corrected chi connectivity index (χ1v) is 8.42. The number of hydrogen-bond acceptors (Lipinski definition) is 3. The third kappa shape index (κ3) is 4.11. The van der Waals surface area contributed by atoms with Crippen LogP contribution in [-0.4, -0.2) is 31.1 Å². The van der Waals surface area contributed by atoms with Crippen molar-refractivity contribution in [2.75, 3.05) is 23.4 Å². The Bertz CT molecular complexity index is 812. The van der Waals surface area contributed by atoms with Gasteiger partial charge >= 0.3 is 6.03 Å². The minimum absolute atomic E-state index is 0.157. The number of carbonyl (C=O) groups excluding carboxylic acids is 2. The Morgan fingerprint density at radius 2 is 2.08 bits per heavy atom. The molecule has 2 aromatic carbocycles. The van der Waals surface area contributed by atoms with Gasteiger partial charge in [0.1, 0.15) is 11.6 Å². The minimum atomic E-state index is -0.420. The molecule has 1 aliphatic heterocycles. The number of urea groups is 1. The van der Waals surface area contributed by atoms with Gasteiger partial charge in [0.15, 0.2) is 0 Å². The van der Waals surface area contributed by atoms with Gasteiger partial charge in [0.25, 0.3) is 0 Å². The molecule has 3 rings (SSSR count). The van der Waals surface area contributed by atoms with E-state index in [0.717, 1.165) is 0 Å². The van der Waals surface area contributed by atoms with Crippen LogP contribution in [-0.2, 0) is 4.79 Å². The minimum Gasteiger partial charge on any atom is -0.492 e. The normalized spacial score (nSPS) is 16.5. The number of para-hydroxylation sites is 2. The second kappa shape index (κ2) is 7.86. The summed E-state index contributed by atoms with van der Waals surface area (Å²) < 4.78 is 18.8. The van der Waals surface area contributed by atoms with Crippen molar-refractivity contribution in [2.45, 2.75) is 19.4 Å². The van der Waals surface area contributed by atoms with Gasteiger partial charge in [-0.1, -0.05) is 18.2 Å². The van der Waals surface area contributed by atoms with Crippen LogP contribution in [0.1, 0.15) is 13.3 Å². The van der Waals surface area contributed by atoms with Gasteiger partial charge in [-0.2, -0.15) is 0 Å². The fourth-order valence-electron chi connectivity index (χ4n) is 2.89. The molecule has 0 bridgehead atoms. The fourth-order valence-corrected chi connectivity index (χ4v) is 2.89. The quantitative estimate of drug-likeness (QED) is 0.864. The number of carbonyl (C=O) groups is 2. The largest absolute Gasteiger partial charge is 0.492 e. The molecule has 7 heteroatoms. The number of halogens is 1. The van der Waals surface area contributed by atoms with Crippen LogP contribution in [0.25, 0.3) is 0 Å². The van der Waals surface area contributed by atoms with E-state index >= 15 is 0 Å². The average molecular weight is 357 g/mol. The highest BCUT2D eigenvalue weighted by atomic mass is 19.1. The molecule has 1 atom stereocenters. The maximum atomic E-state index is 13.4. The highest BCUT2D eigenvalue weighted by molar-refractivity contribution is 5.97. The predicted octanol–water partition coefficient (Wildman–Crippen LogP) is 3.15. The zero-order valence-electron chi connectivity index (χ0n) is 14.4. The maximum absolute atomic E-state index is 13.4. The summed E-state index contributed by atoms with van der Waals surface area (Å²) in [4.78, 5) is 25.9. The molecule has 0 aromatic heterocycles. The summed E-state index contributed by atoms with van der Waals surface area (Å²) in [5.41, 5.74) is 1.04. The van der Waals surface area contributed by atoms with Crippen molar-refractivity contribution >= 4 is 23.3 Å². The smallest absolute Gasteiger partial charge is 0.319 e. The zero-order valence-corrected chi connectivity index (χ0v) is 14.4. The fraction of sp³-hybridized carbons (Fsp3) is 0.263. The van der Waals surface area contributed by atoms with Gasteiger partial charge in [-0.15, -0.1) is 0 Å². The Morgan fingerprint density at radius 1 is 1.27 bits per heavy atom. The van der Waals surface area contributed by atoms with E-state index in [9.17, 15) is 14.0 Å². The molecule has 0 aliphatic carbocycles. The second-order valence-electron chi connectivity index (χ2n) is 5.91. The van der Waals surface area contributed by atoms with Crippen LogP contribution >= 0.6 is 0 Å². The number of anilines is 2. The van der Waals surface area contributed by atoms with E-state index in [-0.39, 0.29) is 18.4 Å². The average Bonchev–Trinajstić information content (AvgIpc) is 2.97. The standard InChI is InChI=1S/C19H20FN3O3/c1-2-26-17-9-4-3-8-16(17)22-19(25)21-14-11-18(24)23(12-14)15-7-5-6-13(20)10-15/h3-10,14H,2,11-12H2,1H3,(H2,21,22,25). The molecule has 1 unspecified atom stereocenters. The first-order chi connectivity index (χ1) is 12.6. The van der Waals surface area contributed by atoms with Gasteiger partial charge in [-0.25, -0.2) is 9.18 Å². The Balaban J connectivity index is 1.61. The van der Waals surface area contributed by atoms with Crippen molar-refractivity contribution in [3.05, 3.63) is 54.3 Å². The van der Waals surface area contributed by atoms with Crippen LogP contribution in [0.15, 0.2) is 48.5 Å². The lowest BCUT2D eigenvalue weighted by Crippen LogP contribution is -2.39. The van der Waals surface area contributed by atoms with Crippen LogP contribution in [0, 0.1) is 5.82 Å². The molecule has 1 saturated heterocycles. The molecule has 2 aromatic rings. The van der Waals surface area contributed by atoms with Gasteiger partial charge in [0.05, 0.1) is 18.3 Å². The lowest BCUT2D eigenvalue weighted by molar-refractivity contribution is -0.117. The van der Waals surface area contributed by atoms with Gasteiger partial charge < -0.3 is 20.3 Å². The molecule has 2 N–H and O–H groups in total. The molecule has 0 spiro atoms. The Labute approximate surface area is 150 Å². The van der Waals surface area contributed by atoms with E-state index in [1.165, 1.54) is 17.0 Å². The van der Waals surface area contributed by atoms with Gasteiger partial charge in [0.2, 0.25) is 5.91 Å². The topological polar surface area (TPSA) is 70.7 Å². The van der Waals surface area contributed by atoms with Gasteiger partial charge in [-0.3, -0.25) is 4.79 Å². The van der Waals surface area contributed by atoms with Crippen molar-refractivity contribution in [3.63, 3.8) is 0 Å². The number of nitrogens with one attached hydrogen (secondary N) is 2. The highest BCUT2D eigenvalue weighted by Crippen LogP contribution is 2.24. The molecule has 1 fully saturated rings. The molecule has 0 radical (unpaired) electrons. The van der Waals surface area contributed by atoms with Crippen LogP contribution in [0.5, 0.6) is 5.75 Å². The molecule has 136 valence electrons. The number of nitrogens with zero attached hydrogens (tertiary/aromatic N) is 1. The van der Waals surface area contributed by atoms with Crippen LogP contribution in [0.4, 0.5) is 20.6 Å². The number of ether oxygens (including phenoxy) is 1. The Morgan fingerprint density at radius 3 is 2.85 bits per heavy atom.